The van der Waals surface area contributed by atoms with Gasteiger partial charge in [-0.3, -0.25) is 4.84 Å². The third-order valence-corrected chi connectivity index (χ3v) is 5.00. The zero-order valence-electron chi connectivity index (χ0n) is 10.0. The van der Waals surface area contributed by atoms with Gasteiger partial charge in [-0.2, -0.15) is 5.06 Å². The molecule has 4 bridgehead atoms. The fourth-order valence-corrected chi connectivity index (χ4v) is 4.78. The highest BCUT2D eigenvalue weighted by Crippen LogP contribution is 2.57. The molecule has 0 amide bonds. The van der Waals surface area contributed by atoms with Crippen molar-refractivity contribution in [3.8, 4) is 0 Å². The van der Waals surface area contributed by atoms with Gasteiger partial charge in [-0.15, -0.1) is 0 Å². The molecule has 15 heavy (non-hydrogen) atoms. The van der Waals surface area contributed by atoms with Gasteiger partial charge >= 0.3 is 0 Å². The molecule has 0 saturated heterocycles. The smallest absolute Gasteiger partial charge is 0.0657 e. The van der Waals surface area contributed by atoms with E-state index in [1.54, 1.807) is 0 Å². The van der Waals surface area contributed by atoms with Crippen molar-refractivity contribution in [1.29, 1.82) is 0 Å². The third kappa shape index (κ3) is 1.53. The first kappa shape index (κ1) is 10.1. The van der Waals surface area contributed by atoms with Crippen LogP contribution in [0.1, 0.15) is 45.4 Å². The summed E-state index contributed by atoms with van der Waals surface area (Å²) in [6, 6.07) is 0. The molecular formula is C13H23NO. The third-order valence-electron chi connectivity index (χ3n) is 5.00. The van der Waals surface area contributed by atoms with Crippen LogP contribution in [0.25, 0.3) is 0 Å². The van der Waals surface area contributed by atoms with E-state index in [1.165, 1.54) is 38.5 Å². The van der Waals surface area contributed by atoms with Crippen molar-refractivity contribution in [3.05, 3.63) is 0 Å². The maximum atomic E-state index is 5.76. The molecule has 2 heteroatoms. The Hall–Kier alpha value is -0.0800. The molecule has 4 aliphatic rings. The van der Waals surface area contributed by atoms with E-state index in [0.29, 0.717) is 5.54 Å². The SMILES string of the molecule is CCON(C)C12CC3CC(CC(C3)C1)C2. The summed E-state index contributed by atoms with van der Waals surface area (Å²) >= 11 is 0. The Morgan fingerprint density at radius 2 is 1.53 bits per heavy atom. The minimum absolute atomic E-state index is 0.421. The lowest BCUT2D eigenvalue weighted by Gasteiger charge is -2.59. The van der Waals surface area contributed by atoms with E-state index in [4.69, 9.17) is 4.84 Å². The van der Waals surface area contributed by atoms with Gasteiger partial charge in [0.15, 0.2) is 0 Å². The number of hydrogen-bond acceptors (Lipinski definition) is 2. The molecule has 4 fully saturated rings. The second-order valence-electron chi connectivity index (χ2n) is 6.06. The van der Waals surface area contributed by atoms with Gasteiger partial charge in [-0.05, 0) is 63.2 Å². The van der Waals surface area contributed by atoms with Crippen molar-refractivity contribution < 1.29 is 4.84 Å². The first-order chi connectivity index (χ1) is 7.22. The van der Waals surface area contributed by atoms with E-state index in [0.717, 1.165) is 24.4 Å². The molecule has 4 rings (SSSR count). The molecule has 0 spiro atoms. The predicted molar refractivity (Wildman–Crippen MR) is 60.3 cm³/mol. The maximum Gasteiger partial charge on any atom is 0.0657 e. The second kappa shape index (κ2) is 3.46. The molecule has 86 valence electrons. The van der Waals surface area contributed by atoms with Gasteiger partial charge < -0.3 is 0 Å². The van der Waals surface area contributed by atoms with Crippen molar-refractivity contribution in [2.45, 2.75) is 51.0 Å². The van der Waals surface area contributed by atoms with Gasteiger partial charge in [0.05, 0.1) is 6.61 Å². The first-order valence-corrected chi connectivity index (χ1v) is 6.58. The van der Waals surface area contributed by atoms with E-state index in [-0.39, 0.29) is 0 Å². The molecule has 0 aromatic carbocycles. The van der Waals surface area contributed by atoms with Gasteiger partial charge in [-0.25, -0.2) is 0 Å². The van der Waals surface area contributed by atoms with Crippen molar-refractivity contribution in [3.63, 3.8) is 0 Å². The maximum absolute atomic E-state index is 5.76. The van der Waals surface area contributed by atoms with Crippen molar-refractivity contribution in [2.24, 2.45) is 17.8 Å². The Balaban J connectivity index is 1.80. The van der Waals surface area contributed by atoms with Crippen LogP contribution in [0, 0.1) is 17.8 Å². The molecule has 4 saturated carbocycles. The van der Waals surface area contributed by atoms with Gasteiger partial charge in [-0.1, -0.05) is 0 Å². The molecule has 0 heterocycles. The Bertz CT molecular complexity index is 216. The zero-order chi connectivity index (χ0) is 10.5. The molecule has 0 atom stereocenters. The molecule has 0 aromatic heterocycles. The van der Waals surface area contributed by atoms with Crippen LogP contribution >= 0.6 is 0 Å². The average Bonchev–Trinajstić information content (AvgIpc) is 2.15. The minimum Gasteiger partial charge on any atom is -0.299 e. The van der Waals surface area contributed by atoms with Gasteiger partial charge in [0.2, 0.25) is 0 Å². The number of hydroxylamine groups is 2. The van der Waals surface area contributed by atoms with E-state index in [9.17, 15) is 0 Å². The monoisotopic (exact) mass is 209 g/mol. The van der Waals surface area contributed by atoms with Crippen LogP contribution in [0.3, 0.4) is 0 Å². The molecule has 0 aliphatic heterocycles. The first-order valence-electron chi connectivity index (χ1n) is 6.58. The van der Waals surface area contributed by atoms with Crippen LogP contribution in [-0.4, -0.2) is 24.3 Å². The average molecular weight is 209 g/mol. The molecule has 2 nitrogen and oxygen atoms in total. The van der Waals surface area contributed by atoms with Crippen LogP contribution in [0.2, 0.25) is 0 Å². The van der Waals surface area contributed by atoms with Crippen LogP contribution < -0.4 is 0 Å². The number of hydrogen-bond donors (Lipinski definition) is 0. The zero-order valence-corrected chi connectivity index (χ0v) is 10.0. The lowest BCUT2D eigenvalue weighted by atomic mass is 9.53. The number of rotatable bonds is 3. The molecule has 4 aliphatic carbocycles. The Morgan fingerprint density at radius 1 is 1.07 bits per heavy atom. The summed E-state index contributed by atoms with van der Waals surface area (Å²) in [4.78, 5) is 5.76. The molecule has 0 unspecified atom stereocenters. The van der Waals surface area contributed by atoms with Gasteiger partial charge in [0.25, 0.3) is 0 Å². The van der Waals surface area contributed by atoms with E-state index in [2.05, 4.69) is 19.0 Å². The highest BCUT2D eigenvalue weighted by molar-refractivity contribution is 5.05. The highest BCUT2D eigenvalue weighted by atomic mass is 16.7. The topological polar surface area (TPSA) is 12.5 Å². The number of nitrogens with zero attached hydrogens (tertiary/aromatic N) is 1. The summed E-state index contributed by atoms with van der Waals surface area (Å²) in [5, 5.41) is 2.22. The molecule has 0 radical (unpaired) electrons. The summed E-state index contributed by atoms with van der Waals surface area (Å²) in [7, 11) is 2.16. The van der Waals surface area contributed by atoms with Crippen LogP contribution in [0.15, 0.2) is 0 Å². The lowest BCUT2D eigenvalue weighted by molar-refractivity contribution is -0.245. The Kier molecular flexibility index (Phi) is 2.33. The highest BCUT2D eigenvalue weighted by Gasteiger charge is 2.53. The van der Waals surface area contributed by atoms with Crippen LogP contribution in [0.4, 0.5) is 0 Å². The predicted octanol–water partition coefficient (Wildman–Crippen LogP) is 2.84. The van der Waals surface area contributed by atoms with Gasteiger partial charge in [0.1, 0.15) is 0 Å². The fourth-order valence-electron chi connectivity index (χ4n) is 4.78. The molecular weight excluding hydrogens is 186 g/mol. The second-order valence-corrected chi connectivity index (χ2v) is 6.06. The Morgan fingerprint density at radius 3 is 1.93 bits per heavy atom. The van der Waals surface area contributed by atoms with Crippen LogP contribution in [0.5, 0.6) is 0 Å². The Labute approximate surface area is 92.9 Å². The van der Waals surface area contributed by atoms with Crippen molar-refractivity contribution in [2.75, 3.05) is 13.7 Å². The van der Waals surface area contributed by atoms with Crippen molar-refractivity contribution in [1.82, 2.24) is 5.06 Å². The standard InChI is InChI=1S/C13H23NO/c1-3-15-14(2)13-7-10-4-11(8-13)6-12(5-10)9-13/h10-12H,3-9H2,1-2H3. The van der Waals surface area contributed by atoms with Crippen LogP contribution in [-0.2, 0) is 4.84 Å². The summed E-state index contributed by atoms with van der Waals surface area (Å²) in [5.41, 5.74) is 0.421. The minimum atomic E-state index is 0.421. The van der Waals surface area contributed by atoms with Crippen molar-refractivity contribution >= 4 is 0 Å². The van der Waals surface area contributed by atoms with Gasteiger partial charge in [0, 0.05) is 12.6 Å². The van der Waals surface area contributed by atoms with E-state index in [1.807, 2.05) is 0 Å². The summed E-state index contributed by atoms with van der Waals surface area (Å²) < 4.78 is 0. The quantitative estimate of drug-likeness (QED) is 0.663. The largest absolute Gasteiger partial charge is 0.299 e. The summed E-state index contributed by atoms with van der Waals surface area (Å²) in [6.45, 7) is 2.91. The molecule has 0 aromatic rings. The lowest BCUT2D eigenvalue weighted by Crippen LogP contribution is -2.58. The normalized spacial score (nSPS) is 47.8. The van der Waals surface area contributed by atoms with E-state index >= 15 is 0 Å². The molecule has 0 N–H and O–H groups in total. The summed E-state index contributed by atoms with van der Waals surface area (Å²) in [6.07, 6.45) is 8.73. The summed E-state index contributed by atoms with van der Waals surface area (Å²) in [5.74, 6) is 3.04. The fraction of sp³-hybridized carbons (Fsp3) is 1.00. The van der Waals surface area contributed by atoms with E-state index < -0.39 is 0 Å².